The van der Waals surface area contributed by atoms with Crippen molar-refractivity contribution in [2.24, 2.45) is 0 Å². The highest BCUT2D eigenvalue weighted by Crippen LogP contribution is 2.10. The number of hydrogen-bond acceptors (Lipinski definition) is 2. The average molecular weight is 198 g/mol. The Balaban J connectivity index is 2.07. The van der Waals surface area contributed by atoms with Crippen LogP contribution < -0.4 is 5.32 Å². The second-order valence-corrected chi connectivity index (χ2v) is 3.79. The van der Waals surface area contributed by atoms with Crippen LogP contribution in [0.15, 0.2) is 0 Å². The molecule has 3 heteroatoms. The zero-order chi connectivity index (χ0) is 10.2. The van der Waals surface area contributed by atoms with Gasteiger partial charge in [-0.2, -0.15) is 0 Å². The summed E-state index contributed by atoms with van der Waals surface area (Å²) in [5.41, 5.74) is 0. The van der Waals surface area contributed by atoms with Crippen LogP contribution in [-0.2, 0) is 9.53 Å². The third-order valence-corrected chi connectivity index (χ3v) is 2.50. The Morgan fingerprint density at radius 1 is 1.43 bits per heavy atom. The molecule has 1 atom stereocenters. The van der Waals surface area contributed by atoms with Crippen molar-refractivity contribution in [3.63, 3.8) is 0 Å². The number of esters is 1. The van der Waals surface area contributed by atoms with E-state index in [9.17, 15) is 4.79 Å². The SMILES string of the molecule is CCCCCOC(=O)C1CCCC[N]1. The molecule has 0 saturated carbocycles. The molecule has 3 nitrogen and oxygen atoms in total. The number of carbonyl (C=O) groups excluding carboxylic acids is 1. The normalized spacial score (nSPS) is 21.9. The number of nitrogens with zero attached hydrogens (tertiary/aromatic N) is 1. The van der Waals surface area contributed by atoms with E-state index in [1.165, 1.54) is 0 Å². The van der Waals surface area contributed by atoms with E-state index in [4.69, 9.17) is 4.74 Å². The lowest BCUT2D eigenvalue weighted by atomic mass is 10.1. The minimum absolute atomic E-state index is 0.110. The molecule has 1 aliphatic heterocycles. The largest absolute Gasteiger partial charge is 0.464 e. The fourth-order valence-corrected chi connectivity index (χ4v) is 1.60. The molecule has 1 fully saturated rings. The molecule has 0 spiro atoms. The molecule has 0 aliphatic carbocycles. The van der Waals surface area contributed by atoms with Crippen molar-refractivity contribution in [1.29, 1.82) is 0 Å². The molecule has 1 radical (unpaired) electrons. The summed E-state index contributed by atoms with van der Waals surface area (Å²) in [5.74, 6) is -0.110. The minimum Gasteiger partial charge on any atom is -0.464 e. The maximum Gasteiger partial charge on any atom is 0.324 e. The van der Waals surface area contributed by atoms with E-state index >= 15 is 0 Å². The van der Waals surface area contributed by atoms with Gasteiger partial charge in [-0.05, 0) is 25.7 Å². The second kappa shape index (κ2) is 6.82. The van der Waals surface area contributed by atoms with Crippen LogP contribution in [0.3, 0.4) is 0 Å². The highest BCUT2D eigenvalue weighted by atomic mass is 16.5. The maximum atomic E-state index is 11.4. The summed E-state index contributed by atoms with van der Waals surface area (Å²) in [7, 11) is 0. The average Bonchev–Trinajstić information content (AvgIpc) is 2.25. The zero-order valence-electron chi connectivity index (χ0n) is 9.00. The van der Waals surface area contributed by atoms with Gasteiger partial charge in [0.25, 0.3) is 0 Å². The van der Waals surface area contributed by atoms with Crippen molar-refractivity contribution < 1.29 is 9.53 Å². The van der Waals surface area contributed by atoms with E-state index in [0.29, 0.717) is 6.61 Å². The van der Waals surface area contributed by atoms with E-state index in [-0.39, 0.29) is 12.0 Å². The Kier molecular flexibility index (Phi) is 5.60. The van der Waals surface area contributed by atoms with Crippen LogP contribution in [0.2, 0.25) is 0 Å². The molecule has 0 N–H and O–H groups in total. The molecule has 1 saturated heterocycles. The van der Waals surface area contributed by atoms with E-state index in [1.807, 2.05) is 0 Å². The Labute approximate surface area is 86.2 Å². The number of hydrogen-bond donors (Lipinski definition) is 0. The van der Waals surface area contributed by atoms with Crippen molar-refractivity contribution >= 4 is 5.97 Å². The summed E-state index contributed by atoms with van der Waals surface area (Å²) in [4.78, 5) is 11.4. The van der Waals surface area contributed by atoms with Crippen LogP contribution in [0.4, 0.5) is 0 Å². The third-order valence-electron chi connectivity index (χ3n) is 2.50. The summed E-state index contributed by atoms with van der Waals surface area (Å²) in [5, 5.41) is 4.25. The maximum absolute atomic E-state index is 11.4. The van der Waals surface area contributed by atoms with Crippen molar-refractivity contribution in [1.82, 2.24) is 5.32 Å². The number of rotatable bonds is 5. The summed E-state index contributed by atoms with van der Waals surface area (Å²) >= 11 is 0. The molecule has 0 aromatic rings. The number of carbonyl (C=O) groups is 1. The van der Waals surface area contributed by atoms with Gasteiger partial charge in [-0.3, -0.25) is 4.79 Å². The predicted octanol–water partition coefficient (Wildman–Crippen LogP) is 1.88. The first kappa shape index (κ1) is 11.5. The first-order valence-corrected chi connectivity index (χ1v) is 5.68. The van der Waals surface area contributed by atoms with Crippen LogP contribution in [-0.4, -0.2) is 25.2 Å². The Bertz CT molecular complexity index is 165. The van der Waals surface area contributed by atoms with Crippen molar-refractivity contribution in [2.75, 3.05) is 13.2 Å². The monoisotopic (exact) mass is 198 g/mol. The number of piperidine rings is 1. The molecular weight excluding hydrogens is 178 g/mol. The lowest BCUT2D eigenvalue weighted by Gasteiger charge is -2.19. The standard InChI is InChI=1S/C11H20NO2/c1-2-3-6-9-14-11(13)10-7-4-5-8-12-10/h10H,2-9H2,1H3. The number of ether oxygens (including phenoxy) is 1. The van der Waals surface area contributed by atoms with Crippen molar-refractivity contribution in [3.8, 4) is 0 Å². The molecule has 0 aromatic carbocycles. The lowest BCUT2D eigenvalue weighted by Crippen LogP contribution is -2.36. The van der Waals surface area contributed by atoms with E-state index in [2.05, 4.69) is 12.2 Å². The summed E-state index contributed by atoms with van der Waals surface area (Å²) in [6.45, 7) is 3.53. The molecule has 0 aromatic heterocycles. The van der Waals surface area contributed by atoms with Gasteiger partial charge < -0.3 is 4.74 Å². The highest BCUT2D eigenvalue weighted by Gasteiger charge is 2.22. The zero-order valence-corrected chi connectivity index (χ0v) is 9.00. The Morgan fingerprint density at radius 2 is 2.29 bits per heavy atom. The quantitative estimate of drug-likeness (QED) is 0.500. The van der Waals surface area contributed by atoms with Gasteiger partial charge in [0.15, 0.2) is 0 Å². The van der Waals surface area contributed by atoms with Gasteiger partial charge in [0.1, 0.15) is 6.04 Å². The summed E-state index contributed by atoms with van der Waals surface area (Å²) in [6.07, 6.45) is 6.39. The molecule has 81 valence electrons. The predicted molar refractivity (Wildman–Crippen MR) is 55.1 cm³/mol. The van der Waals surface area contributed by atoms with Crippen LogP contribution in [0.5, 0.6) is 0 Å². The van der Waals surface area contributed by atoms with Crippen LogP contribution >= 0.6 is 0 Å². The van der Waals surface area contributed by atoms with Gasteiger partial charge in [0, 0.05) is 6.54 Å². The van der Waals surface area contributed by atoms with Gasteiger partial charge >= 0.3 is 5.97 Å². The molecule has 1 heterocycles. The van der Waals surface area contributed by atoms with E-state index < -0.39 is 0 Å². The molecule has 0 bridgehead atoms. The van der Waals surface area contributed by atoms with Crippen molar-refractivity contribution in [2.45, 2.75) is 51.5 Å². The third kappa shape index (κ3) is 4.09. The van der Waals surface area contributed by atoms with Gasteiger partial charge in [-0.25, -0.2) is 5.32 Å². The second-order valence-electron chi connectivity index (χ2n) is 3.79. The lowest BCUT2D eigenvalue weighted by molar-refractivity contribution is -0.147. The molecule has 1 rings (SSSR count). The number of unbranched alkanes of at least 4 members (excludes halogenated alkanes) is 2. The highest BCUT2D eigenvalue weighted by molar-refractivity contribution is 5.75. The Morgan fingerprint density at radius 3 is 2.93 bits per heavy atom. The molecule has 1 aliphatic rings. The van der Waals surface area contributed by atoms with Gasteiger partial charge in [-0.1, -0.05) is 19.8 Å². The van der Waals surface area contributed by atoms with E-state index in [0.717, 1.165) is 45.1 Å². The fourth-order valence-electron chi connectivity index (χ4n) is 1.60. The Hall–Kier alpha value is -0.570. The molecule has 1 unspecified atom stereocenters. The van der Waals surface area contributed by atoms with Crippen LogP contribution in [0.25, 0.3) is 0 Å². The molecule has 14 heavy (non-hydrogen) atoms. The minimum atomic E-state index is -0.162. The summed E-state index contributed by atoms with van der Waals surface area (Å²) < 4.78 is 5.15. The van der Waals surface area contributed by atoms with E-state index in [1.54, 1.807) is 0 Å². The topological polar surface area (TPSA) is 40.4 Å². The first-order chi connectivity index (χ1) is 6.84. The van der Waals surface area contributed by atoms with Gasteiger partial charge in [-0.15, -0.1) is 0 Å². The van der Waals surface area contributed by atoms with Gasteiger partial charge in [0.2, 0.25) is 0 Å². The van der Waals surface area contributed by atoms with Crippen LogP contribution in [0.1, 0.15) is 45.4 Å². The first-order valence-electron chi connectivity index (χ1n) is 5.68. The fraction of sp³-hybridized carbons (Fsp3) is 0.909. The smallest absolute Gasteiger partial charge is 0.324 e. The molecule has 0 amide bonds. The summed E-state index contributed by atoms with van der Waals surface area (Å²) in [6, 6.07) is -0.162. The molecular formula is C11H20NO2. The van der Waals surface area contributed by atoms with Crippen LogP contribution in [0, 0.1) is 0 Å². The van der Waals surface area contributed by atoms with Crippen molar-refractivity contribution in [3.05, 3.63) is 0 Å². The van der Waals surface area contributed by atoms with Gasteiger partial charge in [0.05, 0.1) is 6.61 Å².